The number of guanidine groups is 3. The molecule has 0 aliphatic heterocycles. The first-order valence-corrected chi connectivity index (χ1v) is 20.2. The number of unbranched alkanes of at least 4 members (excludes halogenated alkanes) is 2. The molecule has 1 atom stereocenters. The molecule has 3 aromatic rings. The van der Waals surface area contributed by atoms with Crippen molar-refractivity contribution in [2.75, 3.05) is 59.8 Å². The highest BCUT2D eigenvalue weighted by atomic mass is 32.2. The molecule has 16 nitrogen and oxygen atoms in total. The number of amides is 2. The number of benzene rings is 3. The van der Waals surface area contributed by atoms with Crippen molar-refractivity contribution in [1.29, 1.82) is 16.2 Å². The van der Waals surface area contributed by atoms with Gasteiger partial charge in [-0.25, -0.2) is 0 Å². The molecule has 2 amide bonds. The summed E-state index contributed by atoms with van der Waals surface area (Å²) in [5, 5.41) is 36.8. The van der Waals surface area contributed by atoms with E-state index in [0.717, 1.165) is 30.4 Å². The van der Waals surface area contributed by atoms with Crippen molar-refractivity contribution in [3.05, 3.63) is 70.3 Å². The summed E-state index contributed by atoms with van der Waals surface area (Å²) in [4.78, 5) is 30.0. The maximum Gasteiger partial charge on any atom is 0.256 e. The molecule has 0 aliphatic carbocycles. The largest absolute Gasteiger partial charge is 0.398 e. The fourth-order valence-electron chi connectivity index (χ4n) is 5.97. The van der Waals surface area contributed by atoms with E-state index >= 15 is 0 Å². The molecule has 0 aliphatic rings. The Bertz CT molecular complexity index is 1890. The molecule has 0 saturated heterocycles. The van der Waals surface area contributed by atoms with Gasteiger partial charge >= 0.3 is 0 Å². The minimum atomic E-state index is -0.959. The second kappa shape index (κ2) is 21.7. The lowest BCUT2D eigenvalue weighted by molar-refractivity contribution is -0.0418. The van der Waals surface area contributed by atoms with Gasteiger partial charge in [-0.3, -0.25) is 25.8 Å². The van der Waals surface area contributed by atoms with Crippen LogP contribution in [0.15, 0.2) is 52.3 Å². The molecular weight excluding hydrogens is 751 g/mol. The Kier molecular flexibility index (Phi) is 17.4. The Hall–Kier alpha value is -5.33. The monoisotopic (exact) mass is 807 g/mol. The molecule has 304 valence electrons. The van der Waals surface area contributed by atoms with E-state index in [2.05, 4.69) is 33.5 Å². The van der Waals surface area contributed by atoms with Crippen molar-refractivity contribution in [3.8, 4) is 0 Å². The molecule has 0 radical (unpaired) electrons. The van der Waals surface area contributed by atoms with E-state index in [-0.39, 0.29) is 42.2 Å². The Morgan fingerprint density at radius 2 is 1.23 bits per heavy atom. The van der Waals surface area contributed by atoms with Crippen molar-refractivity contribution in [3.63, 3.8) is 0 Å². The van der Waals surface area contributed by atoms with Crippen LogP contribution in [0.4, 0.5) is 22.7 Å². The number of anilines is 4. The van der Waals surface area contributed by atoms with Gasteiger partial charge in [0.2, 0.25) is 0 Å². The fraction of sp³-hybridized carbons (Fsp3) is 0.395. The summed E-state index contributed by atoms with van der Waals surface area (Å²) in [7, 11) is 0. The Labute approximate surface area is 337 Å². The minimum Gasteiger partial charge on any atom is -0.398 e. The first-order chi connectivity index (χ1) is 26.5. The predicted octanol–water partition coefficient (Wildman–Crippen LogP) is 4.42. The molecule has 18 N–H and O–H groups in total. The van der Waals surface area contributed by atoms with Crippen LogP contribution in [0.25, 0.3) is 0 Å². The van der Waals surface area contributed by atoms with Crippen LogP contribution in [0, 0.1) is 30.1 Å². The van der Waals surface area contributed by atoms with Crippen LogP contribution in [-0.4, -0.2) is 67.4 Å². The zero-order valence-corrected chi connectivity index (χ0v) is 34.2. The topological polar surface area (TPSA) is 305 Å². The average Bonchev–Trinajstić information content (AvgIpc) is 3.11. The summed E-state index contributed by atoms with van der Waals surface area (Å²) >= 11 is 2.83. The van der Waals surface area contributed by atoms with Gasteiger partial charge in [-0.2, -0.15) is 0 Å². The molecule has 0 aromatic heterocycles. The highest BCUT2D eigenvalue weighted by Crippen LogP contribution is 2.38. The number of nitrogens with one attached hydrogen (secondary N) is 8. The van der Waals surface area contributed by atoms with Crippen molar-refractivity contribution in [2.45, 2.75) is 68.8 Å². The van der Waals surface area contributed by atoms with Crippen molar-refractivity contribution in [1.82, 2.24) is 16.0 Å². The van der Waals surface area contributed by atoms with Gasteiger partial charge in [-0.05, 0) is 80.3 Å². The molecule has 18 heteroatoms. The molecular formula is C38H57N13O3S2. The molecule has 1 unspecified atom stereocenters. The number of hydrogen-bond acceptors (Lipinski definition) is 10. The number of thioether (sulfide) groups is 2. The Balaban J connectivity index is 2.10. The zero-order chi connectivity index (χ0) is 41.4. The Morgan fingerprint density at radius 3 is 1.73 bits per heavy atom. The molecule has 0 saturated carbocycles. The third-order valence-electron chi connectivity index (χ3n) is 8.54. The van der Waals surface area contributed by atoms with Crippen molar-refractivity contribution >= 4 is 76.0 Å². The van der Waals surface area contributed by atoms with Crippen LogP contribution in [0.3, 0.4) is 0 Å². The summed E-state index contributed by atoms with van der Waals surface area (Å²) in [5.74, 6) is -0.324. The Morgan fingerprint density at radius 1 is 0.732 bits per heavy atom. The van der Waals surface area contributed by atoms with Gasteiger partial charge in [0.1, 0.15) is 0 Å². The number of nitrogens with two attached hydrogens (primary N) is 5. The normalized spacial score (nSPS) is 11.9. The number of hydrogen-bond donors (Lipinski definition) is 13. The standard InChI is InChI=1S/C38H57N13O3S2/c1-5-6-7-10-38(4,54-14-11-47-35(41)42)26-9-8-24(33(52)50-29-19-22(2)17-27(39)31(29)55-15-12-48-36(43)44)21-25(26)34(53)51-30-20-23(3)18-28(40)32(30)56-16-13-49-37(45)46/h8-9,17-21H,5-7,10-16,39-40H2,1-4H3,(H,50,52)(H,51,53)(H4,41,42,47)(H4,43,44,48)(H4,45,46,49). The molecule has 3 aromatic carbocycles. The highest BCUT2D eigenvalue weighted by Gasteiger charge is 2.33. The van der Waals surface area contributed by atoms with Crippen LogP contribution in [-0.2, 0) is 10.3 Å². The fourth-order valence-corrected chi connectivity index (χ4v) is 7.76. The summed E-state index contributed by atoms with van der Waals surface area (Å²) in [6.07, 6.45) is 3.31. The van der Waals surface area contributed by atoms with E-state index in [9.17, 15) is 9.59 Å². The van der Waals surface area contributed by atoms with Crippen LogP contribution >= 0.6 is 23.5 Å². The van der Waals surface area contributed by atoms with Gasteiger partial charge in [0.25, 0.3) is 11.8 Å². The van der Waals surface area contributed by atoms with E-state index in [1.165, 1.54) is 23.5 Å². The number of nitrogen functional groups attached to an aromatic ring is 2. The van der Waals surface area contributed by atoms with E-state index in [4.69, 9.17) is 49.6 Å². The smallest absolute Gasteiger partial charge is 0.256 e. The second-order valence-electron chi connectivity index (χ2n) is 13.4. The third-order valence-corrected chi connectivity index (χ3v) is 10.8. The van der Waals surface area contributed by atoms with Gasteiger partial charge < -0.3 is 60.0 Å². The van der Waals surface area contributed by atoms with Gasteiger partial charge in [-0.15, -0.1) is 23.5 Å². The minimum absolute atomic E-state index is 0.137. The quantitative estimate of drug-likeness (QED) is 0.0233. The maximum absolute atomic E-state index is 14.6. The lowest BCUT2D eigenvalue weighted by Gasteiger charge is -2.33. The van der Waals surface area contributed by atoms with Crippen LogP contribution < -0.4 is 55.3 Å². The molecule has 0 fully saturated rings. The molecule has 0 spiro atoms. The molecule has 0 bridgehead atoms. The van der Waals surface area contributed by atoms with Crippen molar-refractivity contribution < 1.29 is 14.3 Å². The maximum atomic E-state index is 14.6. The lowest BCUT2D eigenvalue weighted by Crippen LogP contribution is -2.36. The predicted molar refractivity (Wildman–Crippen MR) is 232 cm³/mol. The molecule has 56 heavy (non-hydrogen) atoms. The van der Waals surface area contributed by atoms with E-state index in [1.54, 1.807) is 18.2 Å². The molecule has 0 heterocycles. The average molecular weight is 808 g/mol. The first-order valence-electron chi connectivity index (χ1n) is 18.2. The van der Waals surface area contributed by atoms with Gasteiger partial charge in [0, 0.05) is 53.6 Å². The van der Waals surface area contributed by atoms with Gasteiger partial charge in [-0.1, -0.05) is 32.3 Å². The number of ether oxygens (including phenoxy) is 1. The number of aryl methyl sites for hydroxylation is 2. The number of rotatable bonds is 21. The van der Waals surface area contributed by atoms with Crippen LogP contribution in [0.5, 0.6) is 0 Å². The number of carbonyl (C=O) groups excluding carboxylic acids is 2. The number of carbonyl (C=O) groups is 2. The molecule has 3 rings (SSSR count). The van der Waals surface area contributed by atoms with Crippen molar-refractivity contribution in [2.24, 2.45) is 17.2 Å². The zero-order valence-electron chi connectivity index (χ0n) is 32.5. The van der Waals surface area contributed by atoms with E-state index in [1.807, 2.05) is 45.0 Å². The SMILES string of the molecule is CCCCCC(C)(OCCNC(=N)N)c1ccc(C(=O)Nc2cc(C)cc(N)c2SCCNC(=N)N)cc1C(=O)Nc1cc(C)cc(N)c1SCCNC(=N)N. The third kappa shape index (κ3) is 13.8. The summed E-state index contributed by atoms with van der Waals surface area (Å²) in [6.45, 7) is 9.12. The van der Waals surface area contributed by atoms with Gasteiger partial charge in [0.05, 0.1) is 33.4 Å². The van der Waals surface area contributed by atoms with E-state index in [0.29, 0.717) is 69.1 Å². The second-order valence-corrected chi connectivity index (χ2v) is 15.6. The first kappa shape index (κ1) is 45.1. The van der Waals surface area contributed by atoms with Crippen LogP contribution in [0.1, 0.15) is 76.9 Å². The lowest BCUT2D eigenvalue weighted by atomic mass is 9.85. The summed E-state index contributed by atoms with van der Waals surface area (Å²) in [5.41, 5.74) is 33.0. The summed E-state index contributed by atoms with van der Waals surface area (Å²) in [6, 6.07) is 12.3. The highest BCUT2D eigenvalue weighted by molar-refractivity contribution is 7.99. The van der Waals surface area contributed by atoms with Crippen LogP contribution in [0.2, 0.25) is 0 Å². The summed E-state index contributed by atoms with van der Waals surface area (Å²) < 4.78 is 6.50. The van der Waals surface area contributed by atoms with E-state index < -0.39 is 17.4 Å². The van der Waals surface area contributed by atoms with Gasteiger partial charge in [0.15, 0.2) is 17.9 Å².